The summed E-state index contributed by atoms with van der Waals surface area (Å²) in [5.74, 6) is 2.17. The second-order valence-corrected chi connectivity index (χ2v) is 6.04. The Morgan fingerprint density at radius 3 is 2.89 bits per heavy atom. The van der Waals surface area contributed by atoms with Gasteiger partial charge in [0.05, 0.1) is 18.2 Å². The van der Waals surface area contributed by atoms with Crippen LogP contribution < -0.4 is 10.6 Å². The molecule has 3 unspecified atom stereocenters. The Kier molecular flexibility index (Phi) is 5.63. The number of ether oxygens (including phenoxy) is 1. The van der Waals surface area contributed by atoms with Crippen LogP contribution in [0.15, 0.2) is 4.99 Å². The maximum Gasteiger partial charge on any atom is 0.191 e. The molecule has 2 aliphatic rings. The third-order valence-electron chi connectivity index (χ3n) is 3.72. The maximum absolute atomic E-state index is 5.84. The van der Waals surface area contributed by atoms with Gasteiger partial charge in [-0.1, -0.05) is 0 Å². The van der Waals surface area contributed by atoms with E-state index in [0.717, 1.165) is 18.9 Å². The minimum atomic E-state index is 0.407. The van der Waals surface area contributed by atoms with E-state index in [9.17, 15) is 0 Å². The van der Waals surface area contributed by atoms with Gasteiger partial charge in [0.25, 0.3) is 0 Å². The standard InChI is InChI=1S/C13H25N3OS/c1-14-13(15-7-3-4-8-18-2)16-11-9-10-5-6-12(11)17-10/h10-12H,3-9H2,1-2H3,(H2,14,15,16). The Bertz CT molecular complexity index is 285. The van der Waals surface area contributed by atoms with Gasteiger partial charge < -0.3 is 15.4 Å². The molecule has 104 valence electrons. The van der Waals surface area contributed by atoms with E-state index in [1.165, 1.54) is 31.4 Å². The van der Waals surface area contributed by atoms with Crippen LogP contribution in [0.3, 0.4) is 0 Å². The number of nitrogens with one attached hydrogen (secondary N) is 2. The lowest BCUT2D eigenvalue weighted by Crippen LogP contribution is -2.47. The molecule has 0 aromatic carbocycles. The number of rotatable bonds is 6. The van der Waals surface area contributed by atoms with E-state index in [4.69, 9.17) is 4.74 Å². The van der Waals surface area contributed by atoms with Gasteiger partial charge in [-0.15, -0.1) is 0 Å². The quantitative estimate of drug-likeness (QED) is 0.438. The highest BCUT2D eigenvalue weighted by Gasteiger charge is 2.40. The summed E-state index contributed by atoms with van der Waals surface area (Å²) in [6.07, 6.45) is 9.10. The molecule has 0 aromatic heterocycles. The van der Waals surface area contributed by atoms with Gasteiger partial charge in [0.15, 0.2) is 5.96 Å². The molecule has 0 amide bonds. The monoisotopic (exact) mass is 271 g/mol. The van der Waals surface area contributed by atoms with Crippen molar-refractivity contribution in [2.45, 2.75) is 50.4 Å². The summed E-state index contributed by atoms with van der Waals surface area (Å²) in [5.41, 5.74) is 0. The van der Waals surface area contributed by atoms with Crippen molar-refractivity contribution in [3.8, 4) is 0 Å². The normalized spacial score (nSPS) is 30.8. The molecular weight excluding hydrogens is 246 g/mol. The second kappa shape index (κ2) is 7.24. The smallest absolute Gasteiger partial charge is 0.191 e. The Morgan fingerprint density at radius 2 is 2.28 bits per heavy atom. The van der Waals surface area contributed by atoms with Gasteiger partial charge in [0.1, 0.15) is 0 Å². The number of nitrogens with zero attached hydrogens (tertiary/aromatic N) is 1. The van der Waals surface area contributed by atoms with Crippen LogP contribution in [0.4, 0.5) is 0 Å². The summed E-state index contributed by atoms with van der Waals surface area (Å²) in [4.78, 5) is 4.29. The van der Waals surface area contributed by atoms with Crippen molar-refractivity contribution in [1.29, 1.82) is 0 Å². The summed E-state index contributed by atoms with van der Waals surface area (Å²) in [5, 5.41) is 6.89. The molecule has 2 N–H and O–H groups in total. The molecule has 18 heavy (non-hydrogen) atoms. The number of hydrogen-bond acceptors (Lipinski definition) is 3. The van der Waals surface area contributed by atoms with Gasteiger partial charge >= 0.3 is 0 Å². The second-order valence-electron chi connectivity index (χ2n) is 5.06. The molecule has 2 saturated heterocycles. The third-order valence-corrected chi connectivity index (χ3v) is 4.42. The highest BCUT2D eigenvalue weighted by atomic mass is 32.2. The summed E-state index contributed by atoms with van der Waals surface area (Å²) >= 11 is 1.91. The minimum absolute atomic E-state index is 0.407. The molecule has 5 heteroatoms. The average molecular weight is 271 g/mol. The molecule has 0 saturated carbocycles. The number of aliphatic imine (C=N–C) groups is 1. The summed E-state index contributed by atoms with van der Waals surface area (Å²) < 4.78 is 5.84. The zero-order valence-electron chi connectivity index (χ0n) is 11.4. The average Bonchev–Trinajstić information content (AvgIpc) is 2.99. The molecule has 0 radical (unpaired) electrons. The van der Waals surface area contributed by atoms with E-state index in [0.29, 0.717) is 18.2 Å². The van der Waals surface area contributed by atoms with Crippen molar-refractivity contribution >= 4 is 17.7 Å². The van der Waals surface area contributed by atoms with Crippen molar-refractivity contribution in [2.75, 3.05) is 25.6 Å². The molecule has 3 atom stereocenters. The van der Waals surface area contributed by atoms with Crippen LogP contribution in [-0.2, 0) is 4.74 Å². The predicted octanol–water partition coefficient (Wildman–Crippen LogP) is 1.61. The van der Waals surface area contributed by atoms with Crippen molar-refractivity contribution in [1.82, 2.24) is 10.6 Å². The Hall–Kier alpha value is -0.420. The SMILES string of the molecule is CN=C(NCCCCSC)NC1CC2CCC1O2. The fourth-order valence-electron chi connectivity index (χ4n) is 2.74. The molecular formula is C13H25N3OS. The lowest BCUT2D eigenvalue weighted by molar-refractivity contribution is 0.0992. The number of hydrogen-bond donors (Lipinski definition) is 2. The van der Waals surface area contributed by atoms with Crippen LogP contribution in [0, 0.1) is 0 Å². The Morgan fingerprint density at radius 1 is 1.39 bits per heavy atom. The minimum Gasteiger partial charge on any atom is -0.373 e. The van der Waals surface area contributed by atoms with Crippen molar-refractivity contribution < 1.29 is 4.74 Å². The molecule has 2 heterocycles. The van der Waals surface area contributed by atoms with Gasteiger partial charge in [0, 0.05) is 13.6 Å². The van der Waals surface area contributed by atoms with E-state index in [2.05, 4.69) is 21.9 Å². The van der Waals surface area contributed by atoms with Gasteiger partial charge in [-0.25, -0.2) is 0 Å². The van der Waals surface area contributed by atoms with Crippen LogP contribution in [-0.4, -0.2) is 49.8 Å². The van der Waals surface area contributed by atoms with Crippen LogP contribution in [0.25, 0.3) is 0 Å². The lowest BCUT2D eigenvalue weighted by Gasteiger charge is -2.22. The number of unbranched alkanes of at least 4 members (excludes halogenated alkanes) is 1. The number of fused-ring (bicyclic) bond motifs is 2. The molecule has 2 bridgehead atoms. The first-order valence-electron chi connectivity index (χ1n) is 6.95. The zero-order chi connectivity index (χ0) is 12.8. The largest absolute Gasteiger partial charge is 0.373 e. The zero-order valence-corrected chi connectivity index (χ0v) is 12.3. The van der Waals surface area contributed by atoms with E-state index < -0.39 is 0 Å². The van der Waals surface area contributed by atoms with Crippen LogP contribution in [0.2, 0.25) is 0 Å². The molecule has 0 spiro atoms. The Labute approximate surface area is 114 Å². The molecule has 2 fully saturated rings. The predicted molar refractivity (Wildman–Crippen MR) is 78.4 cm³/mol. The summed E-state index contributed by atoms with van der Waals surface area (Å²) in [6, 6.07) is 0.459. The fraction of sp³-hybridized carbons (Fsp3) is 0.923. The van der Waals surface area contributed by atoms with Crippen molar-refractivity contribution in [3.63, 3.8) is 0 Å². The highest BCUT2D eigenvalue weighted by Crippen LogP contribution is 2.34. The third kappa shape index (κ3) is 3.79. The van der Waals surface area contributed by atoms with E-state index in [-0.39, 0.29) is 0 Å². The summed E-state index contributed by atoms with van der Waals surface area (Å²) in [7, 11) is 1.84. The molecule has 2 rings (SSSR count). The van der Waals surface area contributed by atoms with Gasteiger partial charge in [-0.2, -0.15) is 11.8 Å². The van der Waals surface area contributed by atoms with E-state index in [1.54, 1.807) is 0 Å². The molecule has 2 aliphatic heterocycles. The van der Waals surface area contributed by atoms with Gasteiger partial charge in [0.2, 0.25) is 0 Å². The topological polar surface area (TPSA) is 45.7 Å². The van der Waals surface area contributed by atoms with Crippen molar-refractivity contribution in [2.24, 2.45) is 4.99 Å². The first-order valence-corrected chi connectivity index (χ1v) is 8.34. The Balaban J connectivity index is 1.64. The van der Waals surface area contributed by atoms with E-state index in [1.807, 2.05) is 18.8 Å². The fourth-order valence-corrected chi connectivity index (χ4v) is 3.23. The number of thioether (sulfide) groups is 1. The van der Waals surface area contributed by atoms with Crippen molar-refractivity contribution in [3.05, 3.63) is 0 Å². The summed E-state index contributed by atoms with van der Waals surface area (Å²) in [6.45, 7) is 1.00. The van der Waals surface area contributed by atoms with E-state index >= 15 is 0 Å². The molecule has 0 aliphatic carbocycles. The van der Waals surface area contributed by atoms with Gasteiger partial charge in [-0.3, -0.25) is 4.99 Å². The highest BCUT2D eigenvalue weighted by molar-refractivity contribution is 7.98. The maximum atomic E-state index is 5.84. The lowest BCUT2D eigenvalue weighted by atomic mass is 9.96. The van der Waals surface area contributed by atoms with Crippen LogP contribution >= 0.6 is 11.8 Å². The first kappa shape index (κ1) is 14.0. The number of guanidine groups is 1. The van der Waals surface area contributed by atoms with Crippen LogP contribution in [0.1, 0.15) is 32.1 Å². The van der Waals surface area contributed by atoms with Crippen LogP contribution in [0.5, 0.6) is 0 Å². The molecule has 0 aromatic rings. The first-order chi connectivity index (χ1) is 8.83. The molecule has 4 nitrogen and oxygen atoms in total. The van der Waals surface area contributed by atoms with Gasteiger partial charge in [-0.05, 0) is 44.1 Å².